The van der Waals surface area contributed by atoms with Gasteiger partial charge in [-0.3, -0.25) is 0 Å². The molecule has 8 heavy (non-hydrogen) atoms. The van der Waals surface area contributed by atoms with E-state index in [1.807, 2.05) is 12.2 Å². The molecule has 2 heteroatoms. The first-order valence-electron chi connectivity index (χ1n) is 2.45. The molecule has 0 aromatic carbocycles. The van der Waals surface area contributed by atoms with Crippen LogP contribution in [0.5, 0.6) is 0 Å². The minimum absolute atomic E-state index is 0. The lowest BCUT2D eigenvalue weighted by Crippen LogP contribution is -1.79. The predicted molar refractivity (Wildman–Crippen MR) is 51.2 cm³/mol. The minimum atomic E-state index is 0. The molecule has 1 radical (unpaired) electrons. The van der Waals surface area contributed by atoms with Crippen molar-refractivity contribution in [3.63, 3.8) is 0 Å². The molecule has 0 aliphatic heterocycles. The van der Waals surface area contributed by atoms with Gasteiger partial charge in [0.15, 0.2) is 0 Å². The lowest BCUT2D eigenvalue weighted by atomic mass is 10.7. The summed E-state index contributed by atoms with van der Waals surface area (Å²) in [5, 5.41) is 2.40. The first-order valence-corrected chi connectivity index (χ1v) is 4.08. The molecule has 0 atom stereocenters. The minimum Gasteiger partial charge on any atom is -0.107 e. The molecule has 0 unspecified atom stereocenters. The molecular weight excluding hydrogens is 226 g/mol. The summed E-state index contributed by atoms with van der Waals surface area (Å²) >= 11 is 0.586. The van der Waals surface area contributed by atoms with E-state index in [1.54, 1.807) is 0 Å². The number of allylic oxidation sites excluding steroid dienone is 2. The highest BCUT2D eigenvalue weighted by Gasteiger charge is 1.79. The van der Waals surface area contributed by atoms with Gasteiger partial charge in [0.1, 0.15) is 0 Å². The third-order valence-corrected chi connectivity index (χ3v) is 2.00. The molecule has 0 N–H and O–H groups in total. The molecule has 0 aliphatic rings. The molecular formula is C6H11AlI. The number of hydrogen-bond acceptors (Lipinski definition) is 0. The van der Waals surface area contributed by atoms with Crippen molar-refractivity contribution in [3.8, 4) is 0 Å². The van der Waals surface area contributed by atoms with Crippen LogP contribution in [0.25, 0.3) is 0 Å². The van der Waals surface area contributed by atoms with E-state index in [-0.39, 0.29) is 24.0 Å². The van der Waals surface area contributed by atoms with Crippen molar-refractivity contribution < 1.29 is 0 Å². The maximum absolute atomic E-state index is 3.62. The Morgan fingerprint density at radius 2 is 1.50 bits per heavy atom. The smallest absolute Gasteiger partial charge is 0.107 e. The Bertz CT molecular complexity index is 53.5. The summed E-state index contributed by atoms with van der Waals surface area (Å²) in [6.45, 7) is 7.24. The Hall–Kier alpha value is 0.742. The van der Waals surface area contributed by atoms with Gasteiger partial charge < -0.3 is 0 Å². The van der Waals surface area contributed by atoms with Gasteiger partial charge in [0.2, 0.25) is 15.2 Å². The zero-order valence-corrected chi connectivity index (χ0v) is 8.45. The van der Waals surface area contributed by atoms with Crippen molar-refractivity contribution in [2.24, 2.45) is 0 Å². The molecule has 0 heterocycles. The topological polar surface area (TPSA) is 0 Å². The first kappa shape index (κ1) is 11.5. The van der Waals surface area contributed by atoms with Crippen molar-refractivity contribution in [2.45, 2.75) is 10.6 Å². The van der Waals surface area contributed by atoms with Crippen LogP contribution >= 0.6 is 24.0 Å². The lowest BCUT2D eigenvalue weighted by Gasteiger charge is -1.80. The van der Waals surface area contributed by atoms with E-state index >= 15 is 0 Å². The van der Waals surface area contributed by atoms with E-state index in [0.29, 0.717) is 15.2 Å². The number of halogens is 1. The zero-order valence-electron chi connectivity index (χ0n) is 4.97. The summed E-state index contributed by atoms with van der Waals surface area (Å²) in [7, 11) is 0. The average molecular weight is 237 g/mol. The summed E-state index contributed by atoms with van der Waals surface area (Å²) in [4.78, 5) is 0. The van der Waals surface area contributed by atoms with Crippen molar-refractivity contribution in [1.82, 2.24) is 0 Å². The zero-order chi connectivity index (χ0) is 5.54. The monoisotopic (exact) mass is 237 g/mol. The van der Waals surface area contributed by atoms with Crippen molar-refractivity contribution >= 4 is 39.2 Å². The van der Waals surface area contributed by atoms with Gasteiger partial charge in [0.25, 0.3) is 0 Å². The number of hydrogen-bond donors (Lipinski definition) is 0. The molecule has 0 aromatic heterocycles. The SMILES string of the molecule is C=C[CH2][Al][CH2]C=C.I. The molecule has 0 rings (SSSR count). The van der Waals surface area contributed by atoms with E-state index in [9.17, 15) is 0 Å². The van der Waals surface area contributed by atoms with Gasteiger partial charge in [-0.1, -0.05) is 10.6 Å². The lowest BCUT2D eigenvalue weighted by molar-refractivity contribution is 1.60. The molecule has 0 nitrogen and oxygen atoms in total. The molecule has 0 amide bonds. The second-order valence-corrected chi connectivity index (χ2v) is 2.86. The van der Waals surface area contributed by atoms with Crippen LogP contribution < -0.4 is 0 Å². The third-order valence-electron chi connectivity index (χ3n) is 0.667. The summed E-state index contributed by atoms with van der Waals surface area (Å²) in [6.07, 6.45) is 3.94. The average Bonchev–Trinajstić information content (AvgIpc) is 1.69. The normalized spacial score (nSPS) is 6.50. The van der Waals surface area contributed by atoms with Crippen LogP contribution in [-0.2, 0) is 0 Å². The Balaban J connectivity index is 0. The highest BCUT2D eigenvalue weighted by Crippen LogP contribution is 1.84. The summed E-state index contributed by atoms with van der Waals surface area (Å²) in [5.41, 5.74) is 0. The van der Waals surface area contributed by atoms with Gasteiger partial charge in [0.05, 0.1) is 0 Å². The molecule has 0 saturated carbocycles. The number of rotatable bonds is 4. The summed E-state index contributed by atoms with van der Waals surface area (Å²) in [5.74, 6) is 0. The van der Waals surface area contributed by atoms with Gasteiger partial charge in [-0.05, 0) is 0 Å². The van der Waals surface area contributed by atoms with Crippen LogP contribution in [0.15, 0.2) is 25.3 Å². The fourth-order valence-electron chi connectivity index (χ4n) is 0.332. The van der Waals surface area contributed by atoms with Gasteiger partial charge in [-0.15, -0.1) is 49.3 Å². The van der Waals surface area contributed by atoms with Crippen molar-refractivity contribution in [3.05, 3.63) is 25.3 Å². The highest BCUT2D eigenvalue weighted by atomic mass is 127. The molecule has 0 bridgehead atoms. The second kappa shape index (κ2) is 10.7. The molecule has 0 fully saturated rings. The molecule has 0 spiro atoms. The van der Waals surface area contributed by atoms with Crippen LogP contribution in [0.2, 0.25) is 10.6 Å². The first-order chi connectivity index (χ1) is 3.41. The second-order valence-electron chi connectivity index (χ2n) is 1.34. The van der Waals surface area contributed by atoms with Crippen LogP contribution in [0.1, 0.15) is 0 Å². The fourth-order valence-corrected chi connectivity index (χ4v) is 0.996. The van der Waals surface area contributed by atoms with Crippen LogP contribution in [0.3, 0.4) is 0 Å². The fraction of sp³-hybridized carbons (Fsp3) is 0.333. The maximum Gasteiger partial charge on any atom is 0.212 e. The molecule has 45 valence electrons. The Kier molecular flexibility index (Phi) is 15.4. The van der Waals surface area contributed by atoms with E-state index in [2.05, 4.69) is 13.2 Å². The quantitative estimate of drug-likeness (QED) is 0.305. The maximum atomic E-state index is 3.62. The van der Waals surface area contributed by atoms with E-state index in [4.69, 9.17) is 0 Å². The third kappa shape index (κ3) is 9.89. The standard InChI is InChI=1S/2C3H5.Al.HI/c2*1-3-2;;/h2*3H,1-2H2;;1H. The summed E-state index contributed by atoms with van der Waals surface area (Å²) in [6, 6.07) is 0. The predicted octanol–water partition coefficient (Wildman–Crippen LogP) is 2.52. The molecule has 0 aromatic rings. The summed E-state index contributed by atoms with van der Waals surface area (Å²) < 4.78 is 0. The highest BCUT2D eigenvalue weighted by molar-refractivity contribution is 14.0. The van der Waals surface area contributed by atoms with Gasteiger partial charge in [0, 0.05) is 0 Å². The Labute approximate surface area is 74.8 Å². The van der Waals surface area contributed by atoms with Gasteiger partial charge in [-0.25, -0.2) is 0 Å². The van der Waals surface area contributed by atoms with Crippen LogP contribution in [0, 0.1) is 0 Å². The van der Waals surface area contributed by atoms with Crippen molar-refractivity contribution in [1.29, 1.82) is 0 Å². The molecule has 0 aliphatic carbocycles. The van der Waals surface area contributed by atoms with Crippen LogP contribution in [-0.4, -0.2) is 15.2 Å². The Morgan fingerprint density at radius 1 is 1.12 bits per heavy atom. The van der Waals surface area contributed by atoms with E-state index in [0.717, 1.165) is 0 Å². The Morgan fingerprint density at radius 3 is 1.75 bits per heavy atom. The van der Waals surface area contributed by atoms with Crippen LogP contribution in [0.4, 0.5) is 0 Å². The molecule has 0 saturated heterocycles. The van der Waals surface area contributed by atoms with Gasteiger partial charge >= 0.3 is 0 Å². The van der Waals surface area contributed by atoms with Crippen molar-refractivity contribution in [2.75, 3.05) is 0 Å². The van der Waals surface area contributed by atoms with E-state index < -0.39 is 0 Å². The van der Waals surface area contributed by atoms with Gasteiger partial charge in [-0.2, -0.15) is 0 Å². The van der Waals surface area contributed by atoms with E-state index in [1.165, 1.54) is 10.6 Å². The largest absolute Gasteiger partial charge is 0.212 e.